The quantitative estimate of drug-likeness (QED) is 0.864. The highest BCUT2D eigenvalue weighted by atomic mass is 15.2. The number of nitrogens with zero attached hydrogens (tertiary/aromatic N) is 2. The Bertz CT molecular complexity index is 440. The van der Waals surface area contributed by atoms with E-state index in [0.717, 1.165) is 31.0 Å². The summed E-state index contributed by atoms with van der Waals surface area (Å²) in [6.07, 6.45) is 4.02. The molecular weight excluding hydrogens is 246 g/mol. The Hall–Kier alpha value is -0.930. The van der Waals surface area contributed by atoms with Gasteiger partial charge in [-0.05, 0) is 49.8 Å². The van der Waals surface area contributed by atoms with Gasteiger partial charge in [-0.3, -0.25) is 9.88 Å². The molecule has 1 aromatic rings. The molecule has 0 amide bonds. The van der Waals surface area contributed by atoms with Gasteiger partial charge in [0, 0.05) is 25.7 Å². The minimum Gasteiger partial charge on any atom is -0.308 e. The topological polar surface area (TPSA) is 28.2 Å². The van der Waals surface area contributed by atoms with Crippen LogP contribution >= 0.6 is 0 Å². The normalized spacial score (nSPS) is 23.6. The van der Waals surface area contributed by atoms with Crippen LogP contribution in [0.4, 0.5) is 0 Å². The van der Waals surface area contributed by atoms with Crippen molar-refractivity contribution in [3.05, 3.63) is 29.6 Å². The molecule has 1 atom stereocenters. The minimum absolute atomic E-state index is 0.755. The number of aromatic nitrogens is 1. The van der Waals surface area contributed by atoms with Crippen LogP contribution in [0, 0.1) is 11.8 Å². The first-order valence-corrected chi connectivity index (χ1v) is 8.11. The maximum absolute atomic E-state index is 4.80. The molecule has 1 unspecified atom stereocenters. The lowest BCUT2D eigenvalue weighted by atomic mass is 9.95. The van der Waals surface area contributed by atoms with Crippen molar-refractivity contribution in [1.82, 2.24) is 15.2 Å². The Morgan fingerprint density at radius 3 is 2.75 bits per heavy atom. The van der Waals surface area contributed by atoms with Crippen molar-refractivity contribution in [2.75, 3.05) is 13.1 Å². The SMILES string of the molecule is CC(C)C1CCN(Cc2cccc(CNC3CC3)n2)C1. The first-order valence-electron chi connectivity index (χ1n) is 8.11. The summed E-state index contributed by atoms with van der Waals surface area (Å²) in [5, 5.41) is 3.54. The van der Waals surface area contributed by atoms with E-state index in [1.165, 1.54) is 43.7 Å². The molecule has 1 aliphatic heterocycles. The summed E-state index contributed by atoms with van der Waals surface area (Å²) in [5.74, 6) is 1.68. The standard InChI is InChI=1S/C17H27N3/c1-13(2)14-8-9-20(11-14)12-17-5-3-4-16(19-17)10-18-15-6-7-15/h3-5,13-15,18H,6-12H2,1-2H3. The zero-order valence-electron chi connectivity index (χ0n) is 12.8. The van der Waals surface area contributed by atoms with Gasteiger partial charge >= 0.3 is 0 Å². The molecule has 20 heavy (non-hydrogen) atoms. The average Bonchev–Trinajstić information content (AvgIpc) is 3.15. The first-order chi connectivity index (χ1) is 9.70. The van der Waals surface area contributed by atoms with Crippen molar-refractivity contribution in [3.63, 3.8) is 0 Å². The van der Waals surface area contributed by atoms with E-state index in [2.05, 4.69) is 42.3 Å². The Labute approximate surface area is 122 Å². The molecule has 1 saturated heterocycles. The van der Waals surface area contributed by atoms with Crippen LogP contribution in [0.2, 0.25) is 0 Å². The van der Waals surface area contributed by atoms with Crippen LogP contribution in [0.1, 0.15) is 44.5 Å². The van der Waals surface area contributed by atoms with Crippen LogP contribution < -0.4 is 5.32 Å². The third-order valence-corrected chi connectivity index (χ3v) is 4.65. The molecule has 0 radical (unpaired) electrons. The summed E-state index contributed by atoms with van der Waals surface area (Å²) in [5.41, 5.74) is 2.42. The lowest BCUT2D eigenvalue weighted by Crippen LogP contribution is -2.22. The number of nitrogens with one attached hydrogen (secondary N) is 1. The molecule has 3 nitrogen and oxygen atoms in total. The molecule has 2 fully saturated rings. The van der Waals surface area contributed by atoms with E-state index in [-0.39, 0.29) is 0 Å². The van der Waals surface area contributed by atoms with Crippen LogP contribution in [-0.4, -0.2) is 29.0 Å². The lowest BCUT2D eigenvalue weighted by Gasteiger charge is -2.17. The third kappa shape index (κ3) is 3.80. The molecule has 1 aromatic heterocycles. The Balaban J connectivity index is 1.53. The molecule has 3 rings (SSSR count). The van der Waals surface area contributed by atoms with Gasteiger partial charge in [0.15, 0.2) is 0 Å². The summed E-state index contributed by atoms with van der Waals surface area (Å²) in [6, 6.07) is 7.22. The van der Waals surface area contributed by atoms with E-state index in [9.17, 15) is 0 Å². The summed E-state index contributed by atoms with van der Waals surface area (Å²) >= 11 is 0. The monoisotopic (exact) mass is 273 g/mol. The van der Waals surface area contributed by atoms with Crippen molar-refractivity contribution in [2.45, 2.75) is 52.2 Å². The van der Waals surface area contributed by atoms with Crippen LogP contribution in [0.25, 0.3) is 0 Å². The molecule has 2 aliphatic rings. The molecule has 3 heteroatoms. The predicted octanol–water partition coefficient (Wildman–Crippen LogP) is 2.81. The average molecular weight is 273 g/mol. The number of rotatable bonds is 6. The minimum atomic E-state index is 0.755. The summed E-state index contributed by atoms with van der Waals surface area (Å²) in [7, 11) is 0. The Morgan fingerprint density at radius 2 is 2.05 bits per heavy atom. The summed E-state index contributed by atoms with van der Waals surface area (Å²) < 4.78 is 0. The van der Waals surface area contributed by atoms with Gasteiger partial charge in [-0.1, -0.05) is 19.9 Å². The second kappa shape index (κ2) is 6.23. The highest BCUT2D eigenvalue weighted by Crippen LogP contribution is 2.24. The van der Waals surface area contributed by atoms with Crippen LogP contribution in [0.5, 0.6) is 0 Å². The number of likely N-dealkylation sites (tertiary alicyclic amines) is 1. The Morgan fingerprint density at radius 1 is 1.25 bits per heavy atom. The smallest absolute Gasteiger partial charge is 0.0547 e. The highest BCUT2D eigenvalue weighted by Gasteiger charge is 2.25. The fraction of sp³-hybridized carbons (Fsp3) is 0.706. The van der Waals surface area contributed by atoms with E-state index in [0.29, 0.717) is 0 Å². The van der Waals surface area contributed by atoms with Gasteiger partial charge in [0.2, 0.25) is 0 Å². The van der Waals surface area contributed by atoms with Crippen LogP contribution in [0.15, 0.2) is 18.2 Å². The van der Waals surface area contributed by atoms with E-state index >= 15 is 0 Å². The number of pyridine rings is 1. The predicted molar refractivity (Wildman–Crippen MR) is 82.3 cm³/mol. The van der Waals surface area contributed by atoms with E-state index in [1.54, 1.807) is 0 Å². The van der Waals surface area contributed by atoms with Gasteiger partial charge in [-0.25, -0.2) is 0 Å². The van der Waals surface area contributed by atoms with Crippen molar-refractivity contribution in [2.24, 2.45) is 11.8 Å². The lowest BCUT2D eigenvalue weighted by molar-refractivity contribution is 0.293. The fourth-order valence-corrected chi connectivity index (χ4v) is 3.03. The molecule has 1 aliphatic carbocycles. The van der Waals surface area contributed by atoms with Gasteiger partial charge in [0.25, 0.3) is 0 Å². The second-order valence-electron chi connectivity index (χ2n) is 6.80. The van der Waals surface area contributed by atoms with Crippen LogP contribution in [-0.2, 0) is 13.1 Å². The van der Waals surface area contributed by atoms with Gasteiger partial charge in [-0.2, -0.15) is 0 Å². The summed E-state index contributed by atoms with van der Waals surface area (Å²) in [4.78, 5) is 7.36. The number of hydrogen-bond acceptors (Lipinski definition) is 3. The number of hydrogen-bond donors (Lipinski definition) is 1. The largest absolute Gasteiger partial charge is 0.308 e. The zero-order chi connectivity index (χ0) is 13.9. The maximum atomic E-state index is 4.80. The van der Waals surface area contributed by atoms with E-state index in [4.69, 9.17) is 4.98 Å². The molecule has 1 N–H and O–H groups in total. The molecule has 2 heterocycles. The van der Waals surface area contributed by atoms with Crippen LogP contribution in [0.3, 0.4) is 0 Å². The summed E-state index contributed by atoms with van der Waals surface area (Å²) in [6.45, 7) is 9.10. The first kappa shape index (κ1) is 14.0. The molecule has 0 bridgehead atoms. The highest BCUT2D eigenvalue weighted by molar-refractivity contribution is 5.11. The van der Waals surface area contributed by atoms with E-state index < -0.39 is 0 Å². The van der Waals surface area contributed by atoms with Crippen molar-refractivity contribution in [3.8, 4) is 0 Å². The third-order valence-electron chi connectivity index (χ3n) is 4.65. The molecule has 0 spiro atoms. The van der Waals surface area contributed by atoms with Crippen molar-refractivity contribution < 1.29 is 0 Å². The van der Waals surface area contributed by atoms with Gasteiger partial charge in [-0.15, -0.1) is 0 Å². The molecular formula is C17H27N3. The van der Waals surface area contributed by atoms with Gasteiger partial charge in [0.05, 0.1) is 11.4 Å². The zero-order valence-corrected chi connectivity index (χ0v) is 12.8. The molecule has 0 aromatic carbocycles. The maximum Gasteiger partial charge on any atom is 0.0547 e. The van der Waals surface area contributed by atoms with Crippen molar-refractivity contribution >= 4 is 0 Å². The van der Waals surface area contributed by atoms with Crippen molar-refractivity contribution in [1.29, 1.82) is 0 Å². The Kier molecular flexibility index (Phi) is 4.37. The molecule has 1 saturated carbocycles. The van der Waals surface area contributed by atoms with Gasteiger partial charge in [0.1, 0.15) is 0 Å². The second-order valence-corrected chi connectivity index (χ2v) is 6.80. The molecule has 110 valence electrons. The fourth-order valence-electron chi connectivity index (χ4n) is 3.03. The van der Waals surface area contributed by atoms with E-state index in [1.807, 2.05) is 0 Å². The van der Waals surface area contributed by atoms with Gasteiger partial charge < -0.3 is 5.32 Å².